The highest BCUT2D eigenvalue weighted by atomic mass is 32.2. The second-order valence-electron chi connectivity index (χ2n) is 6.23. The first kappa shape index (κ1) is 17.5. The molecule has 0 radical (unpaired) electrons. The summed E-state index contributed by atoms with van der Waals surface area (Å²) in [5.74, 6) is 1.25. The Morgan fingerprint density at radius 3 is 2.18 bits per heavy atom. The fourth-order valence-electron chi connectivity index (χ4n) is 2.94. The molecule has 1 heterocycles. The van der Waals surface area contributed by atoms with Crippen molar-refractivity contribution in [3.05, 3.63) is 30.5 Å². The van der Waals surface area contributed by atoms with Crippen LogP contribution in [0, 0.1) is 0 Å². The standard InChI is InChI=1S/C20H31NS/c1-2-3-4-5-6-7-8-9-10-13-16-22-20-17-21-19-15-12-11-14-18(19)20/h11-12,14-15,17,21H,2-10,13,16H2,1H3. The SMILES string of the molecule is CCCCCCCCCCCCSc1c[nH]c2ccccc12. The fourth-order valence-corrected chi connectivity index (χ4v) is 3.98. The highest BCUT2D eigenvalue weighted by molar-refractivity contribution is 7.99. The van der Waals surface area contributed by atoms with E-state index in [9.17, 15) is 0 Å². The largest absolute Gasteiger partial charge is 0.360 e. The molecular weight excluding hydrogens is 286 g/mol. The van der Waals surface area contributed by atoms with Gasteiger partial charge in [-0.1, -0.05) is 82.9 Å². The van der Waals surface area contributed by atoms with E-state index < -0.39 is 0 Å². The Bertz CT molecular complexity index is 517. The van der Waals surface area contributed by atoms with Crippen molar-refractivity contribution in [2.24, 2.45) is 0 Å². The highest BCUT2D eigenvalue weighted by Crippen LogP contribution is 2.28. The number of fused-ring (bicyclic) bond motifs is 1. The molecule has 0 spiro atoms. The van der Waals surface area contributed by atoms with Gasteiger partial charge >= 0.3 is 0 Å². The topological polar surface area (TPSA) is 15.8 Å². The van der Waals surface area contributed by atoms with E-state index in [1.807, 2.05) is 11.8 Å². The molecule has 2 heteroatoms. The number of hydrogen-bond donors (Lipinski definition) is 1. The zero-order valence-electron chi connectivity index (χ0n) is 14.1. The van der Waals surface area contributed by atoms with Gasteiger partial charge in [0.2, 0.25) is 0 Å². The van der Waals surface area contributed by atoms with Crippen molar-refractivity contribution < 1.29 is 0 Å². The molecule has 1 N–H and O–H groups in total. The summed E-state index contributed by atoms with van der Waals surface area (Å²) >= 11 is 2.00. The van der Waals surface area contributed by atoms with E-state index in [4.69, 9.17) is 0 Å². The van der Waals surface area contributed by atoms with Gasteiger partial charge in [0.1, 0.15) is 0 Å². The zero-order chi connectivity index (χ0) is 15.5. The molecule has 0 bridgehead atoms. The number of rotatable bonds is 12. The molecule has 0 atom stereocenters. The molecule has 0 unspecified atom stereocenters. The van der Waals surface area contributed by atoms with Gasteiger partial charge in [-0.25, -0.2) is 0 Å². The number of aromatic nitrogens is 1. The minimum atomic E-state index is 1.25. The Labute approximate surface area is 140 Å². The minimum absolute atomic E-state index is 1.25. The van der Waals surface area contributed by atoms with Gasteiger partial charge in [-0.3, -0.25) is 0 Å². The first-order valence-electron chi connectivity index (χ1n) is 9.10. The van der Waals surface area contributed by atoms with Gasteiger partial charge in [0.15, 0.2) is 0 Å². The summed E-state index contributed by atoms with van der Waals surface area (Å²) in [4.78, 5) is 4.77. The van der Waals surface area contributed by atoms with Crippen LogP contribution in [-0.4, -0.2) is 10.7 Å². The molecule has 1 aromatic heterocycles. The number of hydrogen-bond acceptors (Lipinski definition) is 1. The molecule has 22 heavy (non-hydrogen) atoms. The molecular formula is C20H31NS. The van der Waals surface area contributed by atoms with Crippen LogP contribution in [0.5, 0.6) is 0 Å². The van der Waals surface area contributed by atoms with Crippen LogP contribution in [0.4, 0.5) is 0 Å². The van der Waals surface area contributed by atoms with Crippen molar-refractivity contribution in [1.82, 2.24) is 4.98 Å². The lowest BCUT2D eigenvalue weighted by molar-refractivity contribution is 0.563. The lowest BCUT2D eigenvalue weighted by Gasteiger charge is -2.02. The summed E-state index contributed by atoms with van der Waals surface area (Å²) in [7, 11) is 0. The van der Waals surface area contributed by atoms with Gasteiger partial charge in [0, 0.05) is 22.0 Å². The number of H-pyrrole nitrogens is 1. The van der Waals surface area contributed by atoms with Crippen LogP contribution in [-0.2, 0) is 0 Å². The minimum Gasteiger partial charge on any atom is -0.360 e. The molecule has 0 saturated carbocycles. The number of para-hydroxylation sites is 1. The lowest BCUT2D eigenvalue weighted by atomic mass is 10.1. The summed E-state index contributed by atoms with van der Waals surface area (Å²) in [5.41, 5.74) is 1.26. The summed E-state index contributed by atoms with van der Waals surface area (Å²) < 4.78 is 0. The van der Waals surface area contributed by atoms with E-state index in [-0.39, 0.29) is 0 Å². The molecule has 1 aromatic carbocycles. The normalized spacial score (nSPS) is 11.3. The van der Waals surface area contributed by atoms with Crippen molar-refractivity contribution in [2.45, 2.75) is 76.0 Å². The number of unbranched alkanes of at least 4 members (excludes halogenated alkanes) is 9. The molecule has 0 fully saturated rings. The Balaban J connectivity index is 1.48. The van der Waals surface area contributed by atoms with Crippen LogP contribution in [0.25, 0.3) is 10.9 Å². The Morgan fingerprint density at radius 1 is 0.818 bits per heavy atom. The third kappa shape index (κ3) is 6.08. The molecule has 0 saturated heterocycles. The predicted octanol–water partition coefficient (Wildman–Crippen LogP) is 7.18. The van der Waals surface area contributed by atoms with E-state index >= 15 is 0 Å². The maximum atomic E-state index is 3.36. The third-order valence-corrected chi connectivity index (χ3v) is 5.45. The highest BCUT2D eigenvalue weighted by Gasteiger charge is 2.02. The third-order valence-electron chi connectivity index (χ3n) is 4.31. The summed E-state index contributed by atoms with van der Waals surface area (Å²) in [6, 6.07) is 8.59. The quantitative estimate of drug-likeness (QED) is 0.324. The van der Waals surface area contributed by atoms with Gasteiger partial charge < -0.3 is 4.98 Å². The smallest absolute Gasteiger partial charge is 0.0465 e. The fraction of sp³-hybridized carbons (Fsp3) is 0.600. The Morgan fingerprint density at radius 2 is 1.45 bits per heavy atom. The first-order valence-corrected chi connectivity index (χ1v) is 10.1. The summed E-state index contributed by atoms with van der Waals surface area (Å²) in [5, 5.41) is 1.37. The van der Waals surface area contributed by atoms with Crippen LogP contribution >= 0.6 is 11.8 Å². The number of nitrogens with one attached hydrogen (secondary N) is 1. The Kier molecular flexibility index (Phi) is 8.55. The van der Waals surface area contributed by atoms with Crippen molar-refractivity contribution in [1.29, 1.82) is 0 Å². The summed E-state index contributed by atoms with van der Waals surface area (Å²) in [6.07, 6.45) is 16.3. The second kappa shape index (κ2) is 10.8. The lowest BCUT2D eigenvalue weighted by Crippen LogP contribution is -1.83. The average molecular weight is 318 g/mol. The van der Waals surface area contributed by atoms with E-state index in [2.05, 4.69) is 42.4 Å². The Hall–Kier alpha value is -0.890. The van der Waals surface area contributed by atoms with Crippen molar-refractivity contribution >= 4 is 22.7 Å². The van der Waals surface area contributed by atoms with Gasteiger partial charge in [0.25, 0.3) is 0 Å². The summed E-state index contributed by atoms with van der Waals surface area (Å²) in [6.45, 7) is 2.29. The zero-order valence-corrected chi connectivity index (χ0v) is 14.9. The van der Waals surface area contributed by atoms with Crippen LogP contribution in [0.3, 0.4) is 0 Å². The van der Waals surface area contributed by atoms with Crippen LogP contribution in [0.15, 0.2) is 35.4 Å². The van der Waals surface area contributed by atoms with E-state index in [1.54, 1.807) is 0 Å². The number of benzene rings is 1. The van der Waals surface area contributed by atoms with Crippen LogP contribution in [0.2, 0.25) is 0 Å². The molecule has 122 valence electrons. The van der Waals surface area contributed by atoms with Gasteiger partial charge in [-0.2, -0.15) is 0 Å². The number of thioether (sulfide) groups is 1. The van der Waals surface area contributed by atoms with Crippen molar-refractivity contribution in [3.63, 3.8) is 0 Å². The van der Waals surface area contributed by atoms with E-state index in [0.29, 0.717) is 0 Å². The van der Waals surface area contributed by atoms with Gasteiger partial charge in [0.05, 0.1) is 0 Å². The van der Waals surface area contributed by atoms with Crippen LogP contribution < -0.4 is 0 Å². The molecule has 2 rings (SSSR count). The van der Waals surface area contributed by atoms with Gasteiger partial charge in [-0.05, 0) is 18.2 Å². The first-order chi connectivity index (χ1) is 10.9. The molecule has 2 aromatic rings. The molecule has 0 amide bonds. The maximum Gasteiger partial charge on any atom is 0.0465 e. The predicted molar refractivity (Wildman–Crippen MR) is 101 cm³/mol. The monoisotopic (exact) mass is 317 g/mol. The van der Waals surface area contributed by atoms with Crippen LogP contribution in [0.1, 0.15) is 71.1 Å². The van der Waals surface area contributed by atoms with Crippen molar-refractivity contribution in [2.75, 3.05) is 5.75 Å². The van der Waals surface area contributed by atoms with E-state index in [1.165, 1.54) is 85.8 Å². The van der Waals surface area contributed by atoms with E-state index in [0.717, 1.165) is 0 Å². The van der Waals surface area contributed by atoms with Gasteiger partial charge in [-0.15, -0.1) is 11.8 Å². The molecule has 0 aliphatic carbocycles. The second-order valence-corrected chi connectivity index (χ2v) is 7.37. The maximum absolute atomic E-state index is 3.36. The molecule has 0 aliphatic rings. The molecule has 0 aliphatic heterocycles. The molecule has 1 nitrogen and oxygen atoms in total. The average Bonchev–Trinajstić information content (AvgIpc) is 2.96. The van der Waals surface area contributed by atoms with Crippen molar-refractivity contribution in [3.8, 4) is 0 Å². The number of aromatic amines is 1.